The van der Waals surface area contributed by atoms with Crippen molar-refractivity contribution < 1.29 is 19.4 Å². The summed E-state index contributed by atoms with van der Waals surface area (Å²) in [6.45, 7) is 9.54. The first-order valence-corrected chi connectivity index (χ1v) is 8.68. The second-order valence-electron chi connectivity index (χ2n) is 6.37. The van der Waals surface area contributed by atoms with Crippen molar-refractivity contribution in [3.05, 3.63) is 34.8 Å². The first-order chi connectivity index (χ1) is 11.2. The minimum absolute atomic E-state index is 0.175. The van der Waals surface area contributed by atoms with Gasteiger partial charge in [0.25, 0.3) is 0 Å². The van der Waals surface area contributed by atoms with Gasteiger partial charge in [0.2, 0.25) is 0 Å². The standard InChI is InChI=1S/C18H23NO4S/c1-6-22-13-9-7-12(8-10-13)16-19-14(15(24-16)11(2)20)17(21)23-18(3,4)5/h7-11,20H,6H2,1-5H3. The molecule has 2 rings (SSSR count). The predicted octanol–water partition coefficient (Wildman–Crippen LogP) is 4.22. The number of aliphatic hydroxyl groups excluding tert-OH is 1. The van der Waals surface area contributed by atoms with Crippen LogP contribution < -0.4 is 4.74 Å². The lowest BCUT2D eigenvalue weighted by Crippen LogP contribution is -2.24. The topological polar surface area (TPSA) is 68.7 Å². The van der Waals surface area contributed by atoms with Crippen molar-refractivity contribution in [2.24, 2.45) is 0 Å². The van der Waals surface area contributed by atoms with Crippen molar-refractivity contribution in [2.45, 2.75) is 46.3 Å². The number of thiazole rings is 1. The fourth-order valence-corrected chi connectivity index (χ4v) is 3.07. The lowest BCUT2D eigenvalue weighted by atomic mass is 10.2. The summed E-state index contributed by atoms with van der Waals surface area (Å²) >= 11 is 1.29. The summed E-state index contributed by atoms with van der Waals surface area (Å²) in [6, 6.07) is 7.48. The van der Waals surface area contributed by atoms with E-state index in [0.717, 1.165) is 11.3 Å². The Labute approximate surface area is 146 Å². The molecular weight excluding hydrogens is 326 g/mol. The molecule has 1 unspecified atom stereocenters. The molecule has 0 radical (unpaired) electrons. The van der Waals surface area contributed by atoms with Gasteiger partial charge in [0.05, 0.1) is 17.6 Å². The predicted molar refractivity (Wildman–Crippen MR) is 94.5 cm³/mol. The summed E-state index contributed by atoms with van der Waals surface area (Å²) in [7, 11) is 0. The van der Waals surface area contributed by atoms with Crippen LogP contribution in [0.1, 0.15) is 56.1 Å². The number of aliphatic hydroxyl groups is 1. The van der Waals surface area contributed by atoms with E-state index in [2.05, 4.69) is 4.98 Å². The van der Waals surface area contributed by atoms with Crippen molar-refractivity contribution in [2.75, 3.05) is 6.61 Å². The third-order valence-electron chi connectivity index (χ3n) is 3.04. The molecule has 0 aliphatic carbocycles. The number of hydrogen-bond acceptors (Lipinski definition) is 6. The van der Waals surface area contributed by atoms with Crippen LogP contribution in [0.5, 0.6) is 5.75 Å². The zero-order valence-corrected chi connectivity index (χ0v) is 15.4. The maximum atomic E-state index is 12.4. The largest absolute Gasteiger partial charge is 0.494 e. The highest BCUT2D eigenvalue weighted by atomic mass is 32.1. The molecule has 130 valence electrons. The van der Waals surface area contributed by atoms with Gasteiger partial charge in [0, 0.05) is 5.56 Å². The van der Waals surface area contributed by atoms with Gasteiger partial charge < -0.3 is 14.6 Å². The normalized spacial score (nSPS) is 12.8. The molecule has 0 aliphatic heterocycles. The van der Waals surface area contributed by atoms with Gasteiger partial charge in [0.1, 0.15) is 16.4 Å². The van der Waals surface area contributed by atoms with Crippen LogP contribution >= 0.6 is 11.3 Å². The van der Waals surface area contributed by atoms with E-state index in [-0.39, 0.29) is 5.69 Å². The van der Waals surface area contributed by atoms with Gasteiger partial charge in [0.15, 0.2) is 5.69 Å². The lowest BCUT2D eigenvalue weighted by molar-refractivity contribution is 0.00591. The van der Waals surface area contributed by atoms with Crippen LogP contribution in [-0.2, 0) is 4.74 Å². The molecule has 0 spiro atoms. The number of rotatable bonds is 5. The van der Waals surface area contributed by atoms with E-state index >= 15 is 0 Å². The fourth-order valence-electron chi connectivity index (χ4n) is 2.07. The molecule has 0 saturated heterocycles. The zero-order chi connectivity index (χ0) is 17.9. The quantitative estimate of drug-likeness (QED) is 0.819. The number of ether oxygens (including phenoxy) is 2. The van der Waals surface area contributed by atoms with Crippen LogP contribution in [0.25, 0.3) is 10.6 Å². The van der Waals surface area contributed by atoms with Crippen LogP contribution in [0, 0.1) is 0 Å². The van der Waals surface area contributed by atoms with Crippen molar-refractivity contribution in [3.63, 3.8) is 0 Å². The van der Waals surface area contributed by atoms with Crippen molar-refractivity contribution >= 4 is 17.3 Å². The maximum absolute atomic E-state index is 12.4. The Bertz CT molecular complexity index is 699. The van der Waals surface area contributed by atoms with E-state index < -0.39 is 17.7 Å². The Hall–Kier alpha value is -1.92. The van der Waals surface area contributed by atoms with E-state index in [1.165, 1.54) is 11.3 Å². The smallest absolute Gasteiger partial charge is 0.358 e. The monoisotopic (exact) mass is 349 g/mol. The molecule has 2 aromatic rings. The number of hydrogen-bond donors (Lipinski definition) is 1. The first kappa shape index (κ1) is 18.4. The molecule has 1 atom stereocenters. The summed E-state index contributed by atoms with van der Waals surface area (Å²) in [6.07, 6.45) is -0.790. The van der Waals surface area contributed by atoms with Crippen molar-refractivity contribution in [1.82, 2.24) is 4.98 Å². The molecule has 0 aliphatic rings. The van der Waals surface area contributed by atoms with Crippen LogP contribution in [0.3, 0.4) is 0 Å². The molecule has 0 bridgehead atoms. The third-order valence-corrected chi connectivity index (χ3v) is 4.31. The highest BCUT2D eigenvalue weighted by Gasteiger charge is 2.26. The van der Waals surface area contributed by atoms with Crippen molar-refractivity contribution in [1.29, 1.82) is 0 Å². The second-order valence-corrected chi connectivity index (χ2v) is 7.40. The number of esters is 1. The number of carbonyl (C=O) groups excluding carboxylic acids is 1. The number of nitrogens with zero attached hydrogens (tertiary/aromatic N) is 1. The molecule has 0 fully saturated rings. The van der Waals surface area contributed by atoms with Gasteiger partial charge in [-0.05, 0) is 58.9 Å². The van der Waals surface area contributed by atoms with Gasteiger partial charge in [-0.15, -0.1) is 11.3 Å². The number of aromatic nitrogens is 1. The molecule has 1 N–H and O–H groups in total. The Morgan fingerprint density at radius 3 is 2.42 bits per heavy atom. The number of benzene rings is 1. The van der Waals surface area contributed by atoms with E-state index in [1.807, 2.05) is 31.2 Å². The Balaban J connectivity index is 2.35. The highest BCUT2D eigenvalue weighted by molar-refractivity contribution is 7.15. The van der Waals surface area contributed by atoms with Gasteiger partial charge in [-0.2, -0.15) is 0 Å². The van der Waals surface area contributed by atoms with Crippen molar-refractivity contribution in [3.8, 4) is 16.3 Å². The summed E-state index contributed by atoms with van der Waals surface area (Å²) in [5.41, 5.74) is 0.421. The molecule has 5 nitrogen and oxygen atoms in total. The minimum Gasteiger partial charge on any atom is -0.494 e. The average molecular weight is 349 g/mol. The third kappa shape index (κ3) is 4.55. The first-order valence-electron chi connectivity index (χ1n) is 7.86. The zero-order valence-electron chi connectivity index (χ0n) is 14.6. The average Bonchev–Trinajstić information content (AvgIpc) is 2.92. The molecule has 1 aromatic carbocycles. The Kier molecular flexibility index (Phi) is 5.62. The van der Waals surface area contributed by atoms with Crippen LogP contribution in [0.4, 0.5) is 0 Å². The molecule has 1 aromatic heterocycles. The summed E-state index contributed by atoms with van der Waals surface area (Å²) < 4.78 is 10.8. The molecule has 0 saturated carbocycles. The SMILES string of the molecule is CCOc1ccc(-c2nc(C(=O)OC(C)(C)C)c(C(C)O)s2)cc1. The van der Waals surface area contributed by atoms with Gasteiger partial charge in [-0.25, -0.2) is 9.78 Å². The maximum Gasteiger partial charge on any atom is 0.358 e. The number of carbonyl (C=O) groups is 1. The van der Waals surface area contributed by atoms with E-state index in [9.17, 15) is 9.90 Å². The lowest BCUT2D eigenvalue weighted by Gasteiger charge is -2.19. The van der Waals surface area contributed by atoms with Gasteiger partial charge in [-0.1, -0.05) is 0 Å². The van der Waals surface area contributed by atoms with Crippen LogP contribution in [0.15, 0.2) is 24.3 Å². The molecular formula is C18H23NO4S. The van der Waals surface area contributed by atoms with E-state index in [4.69, 9.17) is 9.47 Å². The fraction of sp³-hybridized carbons (Fsp3) is 0.444. The van der Waals surface area contributed by atoms with Gasteiger partial charge >= 0.3 is 5.97 Å². The minimum atomic E-state index is -0.790. The highest BCUT2D eigenvalue weighted by Crippen LogP contribution is 2.33. The second kappa shape index (κ2) is 7.32. The van der Waals surface area contributed by atoms with Crippen LogP contribution in [-0.4, -0.2) is 28.3 Å². The molecule has 24 heavy (non-hydrogen) atoms. The van der Waals surface area contributed by atoms with E-state index in [0.29, 0.717) is 16.5 Å². The van der Waals surface area contributed by atoms with E-state index in [1.54, 1.807) is 27.7 Å². The Morgan fingerprint density at radius 2 is 1.92 bits per heavy atom. The summed E-state index contributed by atoms with van der Waals surface area (Å²) in [4.78, 5) is 17.3. The summed E-state index contributed by atoms with van der Waals surface area (Å²) in [5.74, 6) is 0.257. The molecule has 1 heterocycles. The Morgan fingerprint density at radius 1 is 1.29 bits per heavy atom. The summed E-state index contributed by atoms with van der Waals surface area (Å²) in [5, 5.41) is 10.6. The van der Waals surface area contributed by atoms with Crippen LogP contribution in [0.2, 0.25) is 0 Å². The molecule has 6 heteroatoms. The van der Waals surface area contributed by atoms with Gasteiger partial charge in [-0.3, -0.25) is 0 Å². The molecule has 0 amide bonds.